The second-order valence-corrected chi connectivity index (χ2v) is 4.34. The standard InChI is InChI=1S/C12H24O4/c1-9(13-3)8-16-12(10(2)14-4)11-6-5-7-15-11/h9-12H,5-8H2,1-4H3. The van der Waals surface area contributed by atoms with Gasteiger partial charge in [-0.1, -0.05) is 0 Å². The minimum atomic E-state index is 0.00472. The zero-order chi connectivity index (χ0) is 12.0. The molecule has 0 aromatic heterocycles. The molecule has 4 nitrogen and oxygen atoms in total. The molecule has 0 N–H and O–H groups in total. The summed E-state index contributed by atoms with van der Waals surface area (Å²) in [6.45, 7) is 5.42. The van der Waals surface area contributed by atoms with Crippen LogP contribution in [0.1, 0.15) is 26.7 Å². The third kappa shape index (κ3) is 4.01. The second kappa shape index (κ2) is 7.22. The molecule has 1 fully saturated rings. The van der Waals surface area contributed by atoms with Crippen LogP contribution in [0.3, 0.4) is 0 Å². The predicted octanol–water partition coefficient (Wildman–Crippen LogP) is 1.62. The Labute approximate surface area is 98.2 Å². The van der Waals surface area contributed by atoms with Gasteiger partial charge in [0.05, 0.1) is 24.9 Å². The van der Waals surface area contributed by atoms with Gasteiger partial charge >= 0.3 is 0 Å². The lowest BCUT2D eigenvalue weighted by Gasteiger charge is -2.28. The van der Waals surface area contributed by atoms with Crippen LogP contribution in [0.4, 0.5) is 0 Å². The van der Waals surface area contributed by atoms with E-state index in [4.69, 9.17) is 18.9 Å². The van der Waals surface area contributed by atoms with Gasteiger partial charge in [-0.15, -0.1) is 0 Å². The summed E-state index contributed by atoms with van der Waals surface area (Å²) in [6, 6.07) is 0. The lowest BCUT2D eigenvalue weighted by molar-refractivity contribution is -0.127. The Hall–Kier alpha value is -0.160. The largest absolute Gasteiger partial charge is 0.379 e. The average Bonchev–Trinajstić information content (AvgIpc) is 2.82. The van der Waals surface area contributed by atoms with Crippen molar-refractivity contribution in [2.45, 2.75) is 51.1 Å². The molecule has 1 heterocycles. The van der Waals surface area contributed by atoms with Crippen LogP contribution in [0.25, 0.3) is 0 Å². The van der Waals surface area contributed by atoms with Gasteiger partial charge in [0.15, 0.2) is 0 Å². The first kappa shape index (κ1) is 13.9. The van der Waals surface area contributed by atoms with Crippen LogP contribution in [0.5, 0.6) is 0 Å². The van der Waals surface area contributed by atoms with E-state index in [-0.39, 0.29) is 24.4 Å². The topological polar surface area (TPSA) is 36.9 Å². The molecule has 0 spiro atoms. The summed E-state index contributed by atoms with van der Waals surface area (Å²) in [5.41, 5.74) is 0. The minimum absolute atomic E-state index is 0.00472. The van der Waals surface area contributed by atoms with E-state index < -0.39 is 0 Å². The summed E-state index contributed by atoms with van der Waals surface area (Å²) in [7, 11) is 3.39. The fourth-order valence-electron chi connectivity index (χ4n) is 1.86. The van der Waals surface area contributed by atoms with Gasteiger partial charge in [0, 0.05) is 20.8 Å². The molecule has 0 saturated carbocycles. The van der Waals surface area contributed by atoms with Crippen molar-refractivity contribution >= 4 is 0 Å². The summed E-state index contributed by atoms with van der Waals surface area (Å²) in [6.07, 6.45) is 2.49. The molecule has 4 atom stereocenters. The third-order valence-corrected chi connectivity index (χ3v) is 3.09. The van der Waals surface area contributed by atoms with Gasteiger partial charge in [-0.2, -0.15) is 0 Å². The van der Waals surface area contributed by atoms with Crippen LogP contribution in [-0.4, -0.2) is 51.8 Å². The van der Waals surface area contributed by atoms with Crippen molar-refractivity contribution in [1.29, 1.82) is 0 Å². The molecule has 4 unspecified atom stereocenters. The molecule has 16 heavy (non-hydrogen) atoms. The van der Waals surface area contributed by atoms with Gasteiger partial charge in [-0.25, -0.2) is 0 Å². The number of hydrogen-bond donors (Lipinski definition) is 0. The minimum Gasteiger partial charge on any atom is -0.379 e. The van der Waals surface area contributed by atoms with E-state index in [1.165, 1.54) is 0 Å². The molecule has 0 bridgehead atoms. The van der Waals surface area contributed by atoms with E-state index in [9.17, 15) is 0 Å². The lowest BCUT2D eigenvalue weighted by atomic mass is 10.1. The van der Waals surface area contributed by atoms with Gasteiger partial charge in [0.2, 0.25) is 0 Å². The van der Waals surface area contributed by atoms with Crippen LogP contribution < -0.4 is 0 Å². The van der Waals surface area contributed by atoms with Crippen LogP contribution >= 0.6 is 0 Å². The molecule has 0 aliphatic carbocycles. The van der Waals surface area contributed by atoms with Gasteiger partial charge < -0.3 is 18.9 Å². The summed E-state index contributed by atoms with van der Waals surface area (Å²) in [5.74, 6) is 0. The summed E-state index contributed by atoms with van der Waals surface area (Å²) in [5, 5.41) is 0. The SMILES string of the molecule is COC(C)COC(C(C)OC)C1CCCO1. The highest BCUT2D eigenvalue weighted by atomic mass is 16.6. The van der Waals surface area contributed by atoms with Crippen molar-refractivity contribution in [3.63, 3.8) is 0 Å². The van der Waals surface area contributed by atoms with Gasteiger partial charge in [-0.05, 0) is 26.7 Å². The van der Waals surface area contributed by atoms with E-state index in [2.05, 4.69) is 0 Å². The highest BCUT2D eigenvalue weighted by Gasteiger charge is 2.31. The summed E-state index contributed by atoms with van der Waals surface area (Å²) < 4.78 is 22.0. The Morgan fingerprint density at radius 2 is 2.00 bits per heavy atom. The quantitative estimate of drug-likeness (QED) is 0.668. The number of hydrogen-bond acceptors (Lipinski definition) is 4. The van der Waals surface area contributed by atoms with Gasteiger partial charge in [-0.3, -0.25) is 0 Å². The zero-order valence-corrected chi connectivity index (χ0v) is 10.8. The van der Waals surface area contributed by atoms with E-state index >= 15 is 0 Å². The Kier molecular flexibility index (Phi) is 6.28. The van der Waals surface area contributed by atoms with Crippen LogP contribution in [0, 0.1) is 0 Å². The monoisotopic (exact) mass is 232 g/mol. The molecule has 1 aliphatic rings. The van der Waals surface area contributed by atoms with E-state index in [0.29, 0.717) is 6.61 Å². The maximum atomic E-state index is 5.86. The van der Waals surface area contributed by atoms with Gasteiger partial charge in [0.1, 0.15) is 6.10 Å². The molecular formula is C12H24O4. The van der Waals surface area contributed by atoms with E-state index in [1.54, 1.807) is 14.2 Å². The zero-order valence-electron chi connectivity index (χ0n) is 10.8. The molecule has 1 rings (SSSR count). The summed E-state index contributed by atoms with van der Waals surface area (Å²) >= 11 is 0. The van der Waals surface area contributed by atoms with Crippen molar-refractivity contribution in [2.24, 2.45) is 0 Å². The highest BCUT2D eigenvalue weighted by Crippen LogP contribution is 2.21. The van der Waals surface area contributed by atoms with E-state index in [0.717, 1.165) is 19.4 Å². The number of methoxy groups -OCH3 is 2. The Morgan fingerprint density at radius 3 is 2.50 bits per heavy atom. The molecule has 96 valence electrons. The van der Waals surface area contributed by atoms with Crippen molar-refractivity contribution in [3.8, 4) is 0 Å². The normalized spacial score (nSPS) is 26.6. The fourth-order valence-corrected chi connectivity index (χ4v) is 1.86. The molecule has 0 aromatic carbocycles. The highest BCUT2D eigenvalue weighted by molar-refractivity contribution is 4.80. The maximum absolute atomic E-state index is 5.86. The molecule has 0 radical (unpaired) electrons. The van der Waals surface area contributed by atoms with Crippen molar-refractivity contribution in [1.82, 2.24) is 0 Å². The van der Waals surface area contributed by atoms with Crippen molar-refractivity contribution in [2.75, 3.05) is 27.4 Å². The average molecular weight is 232 g/mol. The molecule has 0 aromatic rings. The maximum Gasteiger partial charge on any atom is 0.110 e. The lowest BCUT2D eigenvalue weighted by Crippen LogP contribution is -2.40. The predicted molar refractivity (Wildman–Crippen MR) is 61.7 cm³/mol. The third-order valence-electron chi connectivity index (χ3n) is 3.09. The molecular weight excluding hydrogens is 208 g/mol. The fraction of sp³-hybridized carbons (Fsp3) is 1.00. The molecule has 0 amide bonds. The van der Waals surface area contributed by atoms with Crippen molar-refractivity contribution < 1.29 is 18.9 Å². The van der Waals surface area contributed by atoms with Crippen molar-refractivity contribution in [3.05, 3.63) is 0 Å². The van der Waals surface area contributed by atoms with E-state index in [1.807, 2.05) is 13.8 Å². The molecule has 1 saturated heterocycles. The molecule has 4 heteroatoms. The first-order valence-corrected chi connectivity index (χ1v) is 5.97. The number of ether oxygens (including phenoxy) is 4. The Balaban J connectivity index is 2.43. The Bertz CT molecular complexity index is 180. The van der Waals surface area contributed by atoms with Crippen LogP contribution in [0.2, 0.25) is 0 Å². The summed E-state index contributed by atoms with van der Waals surface area (Å²) in [4.78, 5) is 0. The Morgan fingerprint density at radius 1 is 1.25 bits per heavy atom. The first-order valence-electron chi connectivity index (χ1n) is 5.97. The smallest absolute Gasteiger partial charge is 0.110 e. The van der Waals surface area contributed by atoms with Crippen LogP contribution in [0.15, 0.2) is 0 Å². The number of rotatable bonds is 7. The second-order valence-electron chi connectivity index (χ2n) is 4.34. The van der Waals surface area contributed by atoms with Crippen LogP contribution in [-0.2, 0) is 18.9 Å². The van der Waals surface area contributed by atoms with Gasteiger partial charge in [0.25, 0.3) is 0 Å². The first-order chi connectivity index (χ1) is 7.69. The molecule has 1 aliphatic heterocycles.